The molecule has 1 aliphatic heterocycles. The number of benzene rings is 1. The maximum absolute atomic E-state index is 13.3. The van der Waals surface area contributed by atoms with Crippen LogP contribution in [-0.4, -0.2) is 62.6 Å². The van der Waals surface area contributed by atoms with Crippen molar-refractivity contribution in [2.24, 2.45) is 13.0 Å². The van der Waals surface area contributed by atoms with E-state index in [9.17, 15) is 9.59 Å². The van der Waals surface area contributed by atoms with Crippen LogP contribution in [-0.2, 0) is 18.3 Å². The molecule has 1 atom stereocenters. The molecule has 1 aromatic carbocycles. The van der Waals surface area contributed by atoms with Crippen molar-refractivity contribution in [1.29, 1.82) is 0 Å². The Morgan fingerprint density at radius 3 is 2.53 bits per heavy atom. The maximum atomic E-state index is 13.3. The smallest absolute Gasteiger partial charge is 0.272 e. The zero-order chi connectivity index (χ0) is 22.5. The number of aromatic nitrogens is 3. The van der Waals surface area contributed by atoms with Crippen molar-refractivity contribution in [3.05, 3.63) is 72.3 Å². The molecular weight excluding hydrogens is 402 g/mol. The lowest BCUT2D eigenvalue weighted by molar-refractivity contribution is -0.134. The summed E-state index contributed by atoms with van der Waals surface area (Å²) in [6.45, 7) is 4.29. The molecule has 2 aromatic heterocycles. The maximum Gasteiger partial charge on any atom is 0.272 e. The first-order valence-electron chi connectivity index (χ1n) is 11.1. The third kappa shape index (κ3) is 4.72. The Bertz CT molecular complexity index is 1060. The minimum atomic E-state index is -0.273. The fourth-order valence-electron chi connectivity index (χ4n) is 4.27. The zero-order valence-corrected chi connectivity index (χ0v) is 18.6. The summed E-state index contributed by atoms with van der Waals surface area (Å²) >= 11 is 0. The molecule has 3 heterocycles. The predicted molar refractivity (Wildman–Crippen MR) is 123 cm³/mol. The highest BCUT2D eigenvalue weighted by Crippen LogP contribution is 2.22. The summed E-state index contributed by atoms with van der Waals surface area (Å²) in [5.41, 5.74) is 3.78. The van der Waals surface area contributed by atoms with Gasteiger partial charge in [0.25, 0.3) is 5.91 Å². The Labute approximate surface area is 188 Å². The number of carbonyl (C=O) groups excluding carboxylic acids is 2. The molecule has 1 aliphatic rings. The van der Waals surface area contributed by atoms with Gasteiger partial charge in [-0.25, -0.2) is 0 Å². The Morgan fingerprint density at radius 2 is 1.88 bits per heavy atom. The summed E-state index contributed by atoms with van der Waals surface area (Å²) in [5, 5.41) is 4.12. The molecule has 1 saturated heterocycles. The predicted octanol–water partition coefficient (Wildman–Crippen LogP) is 3.04. The second-order valence-electron chi connectivity index (χ2n) is 8.26. The fraction of sp³-hybridized carbons (Fsp3) is 0.360. The molecule has 0 N–H and O–H groups in total. The quantitative estimate of drug-likeness (QED) is 0.602. The van der Waals surface area contributed by atoms with Gasteiger partial charge < -0.3 is 9.80 Å². The lowest BCUT2D eigenvalue weighted by atomic mass is 9.95. The largest absolute Gasteiger partial charge is 0.341 e. The molecule has 7 nitrogen and oxygen atoms in total. The van der Waals surface area contributed by atoms with Gasteiger partial charge in [-0.05, 0) is 41.7 Å². The first kappa shape index (κ1) is 21.7. The van der Waals surface area contributed by atoms with Gasteiger partial charge in [-0.3, -0.25) is 19.3 Å². The van der Waals surface area contributed by atoms with Gasteiger partial charge >= 0.3 is 0 Å². The van der Waals surface area contributed by atoms with Crippen LogP contribution < -0.4 is 0 Å². The summed E-state index contributed by atoms with van der Waals surface area (Å²) in [6, 6.07) is 13.9. The molecule has 2 amide bonds. The first-order valence-corrected chi connectivity index (χ1v) is 11.1. The van der Waals surface area contributed by atoms with Gasteiger partial charge in [-0.15, -0.1) is 0 Å². The number of rotatable bonds is 6. The molecule has 0 saturated carbocycles. The van der Waals surface area contributed by atoms with E-state index in [0.717, 1.165) is 23.1 Å². The standard InChI is InChI=1S/C25H29N5O2/c1-3-13-29-14-15-30(25(32)23-10-12-27-28(23)2)18-22(24(29)31)16-19-6-8-20(9-7-19)21-5-4-11-26-17-21/h4-12,17,22H,3,13-16,18H2,1-2H3/t22-/m0/s1. The van der Waals surface area contributed by atoms with Crippen LogP contribution in [0.1, 0.15) is 29.4 Å². The van der Waals surface area contributed by atoms with E-state index < -0.39 is 0 Å². The van der Waals surface area contributed by atoms with Crippen LogP contribution in [0.4, 0.5) is 0 Å². The second-order valence-corrected chi connectivity index (χ2v) is 8.26. The number of carbonyl (C=O) groups is 2. The summed E-state index contributed by atoms with van der Waals surface area (Å²) in [4.78, 5) is 34.3. The van der Waals surface area contributed by atoms with Gasteiger partial charge in [0, 0.05) is 51.8 Å². The van der Waals surface area contributed by atoms with Gasteiger partial charge in [0.2, 0.25) is 5.91 Å². The van der Waals surface area contributed by atoms with Crippen LogP contribution in [0.3, 0.4) is 0 Å². The van der Waals surface area contributed by atoms with Crippen LogP contribution in [0.25, 0.3) is 11.1 Å². The highest BCUT2D eigenvalue weighted by molar-refractivity contribution is 5.93. The van der Waals surface area contributed by atoms with E-state index in [-0.39, 0.29) is 17.7 Å². The molecule has 0 aliphatic carbocycles. The Kier molecular flexibility index (Phi) is 6.63. The summed E-state index contributed by atoms with van der Waals surface area (Å²) in [7, 11) is 1.76. The molecule has 166 valence electrons. The molecule has 3 aromatic rings. The molecule has 0 radical (unpaired) electrons. The first-order chi connectivity index (χ1) is 15.6. The van der Waals surface area contributed by atoms with Gasteiger partial charge in [-0.1, -0.05) is 37.3 Å². The van der Waals surface area contributed by atoms with E-state index in [1.807, 2.05) is 23.2 Å². The van der Waals surface area contributed by atoms with Gasteiger partial charge in [-0.2, -0.15) is 5.10 Å². The lowest BCUT2D eigenvalue weighted by Gasteiger charge is -2.24. The van der Waals surface area contributed by atoms with Gasteiger partial charge in [0.05, 0.1) is 5.92 Å². The molecule has 0 bridgehead atoms. The van der Waals surface area contributed by atoms with Crippen molar-refractivity contribution in [3.63, 3.8) is 0 Å². The minimum Gasteiger partial charge on any atom is -0.341 e. The average molecular weight is 432 g/mol. The molecule has 7 heteroatoms. The van der Waals surface area contributed by atoms with Crippen molar-refractivity contribution in [2.45, 2.75) is 19.8 Å². The van der Waals surface area contributed by atoms with Gasteiger partial charge in [0.15, 0.2) is 0 Å². The van der Waals surface area contributed by atoms with Crippen molar-refractivity contribution < 1.29 is 9.59 Å². The Balaban J connectivity index is 1.54. The number of amides is 2. The van der Waals surface area contributed by atoms with Crippen molar-refractivity contribution >= 4 is 11.8 Å². The number of aryl methyl sites for hydroxylation is 1. The zero-order valence-electron chi connectivity index (χ0n) is 18.6. The van der Waals surface area contributed by atoms with Crippen LogP contribution in [0, 0.1) is 5.92 Å². The van der Waals surface area contributed by atoms with E-state index in [2.05, 4.69) is 41.3 Å². The average Bonchev–Trinajstić information content (AvgIpc) is 3.19. The Hall–Kier alpha value is -3.48. The van der Waals surface area contributed by atoms with Crippen molar-refractivity contribution in [3.8, 4) is 11.1 Å². The highest BCUT2D eigenvalue weighted by atomic mass is 16.2. The summed E-state index contributed by atoms with van der Waals surface area (Å²) in [5.74, 6) is -0.220. The van der Waals surface area contributed by atoms with E-state index in [1.54, 1.807) is 35.1 Å². The molecule has 32 heavy (non-hydrogen) atoms. The normalized spacial score (nSPS) is 16.8. The monoisotopic (exact) mass is 431 g/mol. The molecule has 4 rings (SSSR count). The van der Waals surface area contributed by atoms with E-state index in [4.69, 9.17) is 0 Å². The molecule has 1 fully saturated rings. The summed E-state index contributed by atoms with van der Waals surface area (Å²) in [6.07, 6.45) is 6.72. The molecule has 0 spiro atoms. The van der Waals surface area contributed by atoms with Crippen molar-refractivity contribution in [2.75, 3.05) is 26.2 Å². The van der Waals surface area contributed by atoms with Crippen LogP contribution in [0.2, 0.25) is 0 Å². The van der Waals surface area contributed by atoms with Crippen LogP contribution >= 0.6 is 0 Å². The second kappa shape index (κ2) is 9.77. The van der Waals surface area contributed by atoms with Crippen LogP contribution in [0.15, 0.2) is 61.1 Å². The third-order valence-electron chi connectivity index (χ3n) is 5.99. The van der Waals surface area contributed by atoms with Gasteiger partial charge in [0.1, 0.15) is 5.69 Å². The van der Waals surface area contributed by atoms with Crippen molar-refractivity contribution in [1.82, 2.24) is 24.6 Å². The lowest BCUT2D eigenvalue weighted by Crippen LogP contribution is -2.38. The summed E-state index contributed by atoms with van der Waals surface area (Å²) < 4.78 is 1.59. The third-order valence-corrected chi connectivity index (χ3v) is 5.99. The number of nitrogens with zero attached hydrogens (tertiary/aromatic N) is 5. The van der Waals surface area contributed by atoms with E-state index in [1.165, 1.54) is 0 Å². The topological polar surface area (TPSA) is 71.3 Å². The van der Waals surface area contributed by atoms with Crippen LogP contribution in [0.5, 0.6) is 0 Å². The van der Waals surface area contributed by atoms with E-state index >= 15 is 0 Å². The SMILES string of the molecule is CCCN1CCN(C(=O)c2ccnn2C)C[C@H](Cc2ccc(-c3cccnc3)cc2)C1=O. The molecule has 0 unspecified atom stereocenters. The number of hydrogen-bond acceptors (Lipinski definition) is 4. The minimum absolute atomic E-state index is 0.0759. The number of pyridine rings is 1. The Morgan fingerprint density at radius 1 is 1.06 bits per heavy atom. The van der Waals surface area contributed by atoms with E-state index in [0.29, 0.717) is 38.3 Å². The molecular formula is C25H29N5O2. The highest BCUT2D eigenvalue weighted by Gasteiger charge is 2.33. The number of hydrogen-bond donors (Lipinski definition) is 0. The fourth-order valence-corrected chi connectivity index (χ4v) is 4.27.